The number of nitrogen functional groups attached to an aromatic ring is 1. The fourth-order valence-electron chi connectivity index (χ4n) is 3.79. The Kier molecular flexibility index (Phi) is 6.89. The number of nitrogens with two attached hydrogens (primary N) is 1. The number of nitrogens with one attached hydrogen (secondary N) is 1. The molecule has 1 amide bonds. The molecule has 0 spiro atoms. The minimum atomic E-state index is -3.39. The minimum absolute atomic E-state index is 0.142. The number of hydrogen-bond donors (Lipinski definition) is 2. The number of aryl methyl sites for hydroxylation is 1. The summed E-state index contributed by atoms with van der Waals surface area (Å²) in [5.74, 6) is -1.11. The third-order valence-corrected chi connectivity index (χ3v) is 6.98. The molecule has 186 valence electrons. The average Bonchev–Trinajstić information content (AvgIpc) is 3.33. The first-order chi connectivity index (χ1) is 17.1. The lowest BCUT2D eigenvalue weighted by Gasteiger charge is -2.16. The van der Waals surface area contributed by atoms with E-state index in [-0.39, 0.29) is 16.3 Å². The number of sulfone groups is 1. The van der Waals surface area contributed by atoms with Crippen LogP contribution >= 0.6 is 0 Å². The van der Waals surface area contributed by atoms with E-state index in [1.54, 1.807) is 42.2 Å². The highest BCUT2D eigenvalue weighted by molar-refractivity contribution is 7.90. The van der Waals surface area contributed by atoms with Crippen molar-refractivity contribution in [1.82, 2.24) is 20.1 Å². The summed E-state index contributed by atoms with van der Waals surface area (Å²) in [6.07, 6.45) is 6.36. The van der Waals surface area contributed by atoms with Crippen molar-refractivity contribution < 1.29 is 17.6 Å². The average molecular weight is 508 g/mol. The van der Waals surface area contributed by atoms with Gasteiger partial charge in [-0.25, -0.2) is 17.8 Å². The number of amides is 1. The molecule has 0 aliphatic rings. The largest absolute Gasteiger partial charge is 0.383 e. The smallest absolute Gasteiger partial charge is 0.254 e. The Bertz CT molecular complexity index is 1550. The van der Waals surface area contributed by atoms with Gasteiger partial charge in [0.05, 0.1) is 22.7 Å². The highest BCUT2D eigenvalue weighted by atomic mass is 32.2. The molecule has 36 heavy (non-hydrogen) atoms. The van der Waals surface area contributed by atoms with Gasteiger partial charge < -0.3 is 11.1 Å². The van der Waals surface area contributed by atoms with Crippen LogP contribution in [0.2, 0.25) is 0 Å². The van der Waals surface area contributed by atoms with E-state index in [4.69, 9.17) is 5.73 Å². The van der Waals surface area contributed by atoms with E-state index in [9.17, 15) is 13.2 Å². The number of rotatable bonds is 7. The highest BCUT2D eigenvalue weighted by Gasteiger charge is 2.18. The van der Waals surface area contributed by atoms with Gasteiger partial charge in [-0.3, -0.25) is 9.48 Å². The van der Waals surface area contributed by atoms with Gasteiger partial charge in [0.1, 0.15) is 11.6 Å². The molecule has 0 radical (unpaired) electrons. The lowest BCUT2D eigenvalue weighted by atomic mass is 10.0. The molecule has 8 nitrogen and oxygen atoms in total. The third-order valence-electron chi connectivity index (χ3n) is 5.87. The van der Waals surface area contributed by atoms with Crippen LogP contribution in [-0.2, 0) is 16.4 Å². The third kappa shape index (κ3) is 5.28. The van der Waals surface area contributed by atoms with E-state index in [1.807, 2.05) is 19.2 Å². The van der Waals surface area contributed by atoms with Gasteiger partial charge >= 0.3 is 0 Å². The molecule has 2 heterocycles. The van der Waals surface area contributed by atoms with E-state index >= 15 is 4.39 Å². The van der Waals surface area contributed by atoms with Crippen LogP contribution in [0.1, 0.15) is 35.8 Å². The summed E-state index contributed by atoms with van der Waals surface area (Å²) in [4.78, 5) is 17.2. The fourth-order valence-corrected chi connectivity index (χ4v) is 4.46. The van der Waals surface area contributed by atoms with Gasteiger partial charge in [-0.2, -0.15) is 5.10 Å². The van der Waals surface area contributed by atoms with Gasteiger partial charge in [-0.1, -0.05) is 18.2 Å². The number of halogens is 1. The van der Waals surface area contributed by atoms with Crippen LogP contribution in [0, 0.1) is 5.82 Å². The Morgan fingerprint density at radius 1 is 1.11 bits per heavy atom. The molecule has 1 atom stereocenters. The van der Waals surface area contributed by atoms with E-state index < -0.39 is 27.6 Å². The summed E-state index contributed by atoms with van der Waals surface area (Å²) in [5, 5.41) is 6.99. The molecule has 3 N–H and O–H groups in total. The number of carbonyl (C=O) groups is 1. The predicted molar refractivity (Wildman–Crippen MR) is 136 cm³/mol. The predicted octanol–water partition coefficient (Wildman–Crippen LogP) is 4.25. The Hall–Kier alpha value is -4.05. The number of anilines is 1. The van der Waals surface area contributed by atoms with Crippen LogP contribution < -0.4 is 11.1 Å². The summed E-state index contributed by atoms with van der Waals surface area (Å²) in [6, 6.07) is 11.8. The van der Waals surface area contributed by atoms with Crippen LogP contribution in [0.4, 0.5) is 10.2 Å². The number of carbonyl (C=O) groups excluding carboxylic acids is 1. The van der Waals surface area contributed by atoms with Gasteiger partial charge in [0.2, 0.25) is 0 Å². The first-order valence-electron chi connectivity index (χ1n) is 11.3. The summed E-state index contributed by atoms with van der Waals surface area (Å²) in [7, 11) is -3.39. The van der Waals surface area contributed by atoms with Gasteiger partial charge in [0.15, 0.2) is 9.84 Å². The lowest BCUT2D eigenvalue weighted by molar-refractivity contribution is 0.0936. The van der Waals surface area contributed by atoms with Crippen molar-refractivity contribution in [3.05, 3.63) is 84.1 Å². The maximum absolute atomic E-state index is 15.0. The molecule has 0 saturated carbocycles. The molecule has 0 aliphatic carbocycles. The van der Waals surface area contributed by atoms with Crippen molar-refractivity contribution in [2.24, 2.45) is 0 Å². The minimum Gasteiger partial charge on any atom is -0.383 e. The zero-order valence-electron chi connectivity index (χ0n) is 20.1. The molecule has 2 aromatic carbocycles. The standard InChI is InChI=1S/C26H26FN5O3S/c1-4-32-15-20(14-30-32)19-11-23(25(28)29-13-19)18-8-9-22(24(27)12-18)26(33)31-16(2)17-6-5-7-21(10-17)36(3,34)35/h5-16H,4H2,1-3H3,(H2,28,29)(H,31,33). The summed E-state index contributed by atoms with van der Waals surface area (Å²) in [6.45, 7) is 4.41. The van der Waals surface area contributed by atoms with Gasteiger partial charge in [0, 0.05) is 41.9 Å². The maximum atomic E-state index is 15.0. The van der Waals surface area contributed by atoms with Crippen molar-refractivity contribution >= 4 is 21.6 Å². The van der Waals surface area contributed by atoms with Gasteiger partial charge in [-0.15, -0.1) is 0 Å². The molecule has 0 fully saturated rings. The summed E-state index contributed by atoms with van der Waals surface area (Å²) >= 11 is 0. The maximum Gasteiger partial charge on any atom is 0.254 e. The number of pyridine rings is 1. The zero-order valence-corrected chi connectivity index (χ0v) is 20.9. The second kappa shape index (κ2) is 9.90. The molecular formula is C26H26FN5O3S. The Morgan fingerprint density at radius 2 is 1.89 bits per heavy atom. The van der Waals surface area contributed by atoms with Crippen LogP contribution in [0.3, 0.4) is 0 Å². The highest BCUT2D eigenvalue weighted by Crippen LogP contribution is 2.30. The molecular weight excluding hydrogens is 481 g/mol. The van der Waals surface area contributed by atoms with E-state index in [0.717, 1.165) is 23.9 Å². The normalized spacial score (nSPS) is 12.3. The van der Waals surface area contributed by atoms with E-state index in [0.29, 0.717) is 16.7 Å². The number of benzene rings is 2. The quantitative estimate of drug-likeness (QED) is 0.386. The number of aromatic nitrogens is 3. The summed E-state index contributed by atoms with van der Waals surface area (Å²) in [5.41, 5.74) is 9.18. The SMILES string of the molecule is CCn1cc(-c2cnc(N)c(-c3ccc(C(=O)NC(C)c4cccc(S(C)(=O)=O)c4)c(F)c3)c2)cn1. The van der Waals surface area contributed by atoms with Crippen LogP contribution in [0.5, 0.6) is 0 Å². The van der Waals surface area contributed by atoms with Crippen molar-refractivity contribution in [2.75, 3.05) is 12.0 Å². The van der Waals surface area contributed by atoms with E-state index in [2.05, 4.69) is 15.4 Å². The second-order valence-corrected chi connectivity index (χ2v) is 10.5. The van der Waals surface area contributed by atoms with Gasteiger partial charge in [0.25, 0.3) is 5.91 Å². The van der Waals surface area contributed by atoms with Gasteiger partial charge in [-0.05, 0) is 55.3 Å². The number of nitrogens with zero attached hydrogens (tertiary/aromatic N) is 3. The molecule has 4 aromatic rings. The molecule has 0 bridgehead atoms. The van der Waals surface area contributed by atoms with Crippen molar-refractivity contribution in [1.29, 1.82) is 0 Å². The molecule has 4 rings (SSSR count). The fraction of sp³-hybridized carbons (Fsp3) is 0.192. The lowest BCUT2D eigenvalue weighted by Crippen LogP contribution is -2.27. The van der Waals surface area contributed by atoms with Crippen LogP contribution in [0.15, 0.2) is 72.0 Å². The Morgan fingerprint density at radius 3 is 2.56 bits per heavy atom. The molecule has 0 aliphatic heterocycles. The first-order valence-corrected chi connectivity index (χ1v) is 13.1. The molecule has 2 aromatic heterocycles. The molecule has 0 saturated heterocycles. The molecule has 10 heteroatoms. The first kappa shape index (κ1) is 25.1. The van der Waals surface area contributed by atoms with Crippen LogP contribution in [0.25, 0.3) is 22.3 Å². The second-order valence-electron chi connectivity index (χ2n) is 8.48. The molecule has 1 unspecified atom stereocenters. The Balaban J connectivity index is 1.57. The van der Waals surface area contributed by atoms with Crippen molar-refractivity contribution in [3.63, 3.8) is 0 Å². The summed E-state index contributed by atoms with van der Waals surface area (Å²) < 4.78 is 40.5. The van der Waals surface area contributed by atoms with Crippen LogP contribution in [-0.4, -0.2) is 35.3 Å². The topological polar surface area (TPSA) is 120 Å². The van der Waals surface area contributed by atoms with Crippen molar-refractivity contribution in [2.45, 2.75) is 31.3 Å². The van der Waals surface area contributed by atoms with Crippen molar-refractivity contribution in [3.8, 4) is 22.3 Å². The Labute approximate surface area is 208 Å². The monoisotopic (exact) mass is 507 g/mol. The number of hydrogen-bond acceptors (Lipinski definition) is 6. The van der Waals surface area contributed by atoms with E-state index in [1.165, 1.54) is 24.3 Å². The zero-order chi connectivity index (χ0) is 26.0.